The maximum Gasteiger partial charge on any atom is 0.238 e. The van der Waals surface area contributed by atoms with Gasteiger partial charge in [-0.25, -0.2) is 0 Å². The van der Waals surface area contributed by atoms with Crippen molar-refractivity contribution in [2.24, 2.45) is 5.73 Å². The quantitative estimate of drug-likeness (QED) is 0.457. The number of amides is 1. The van der Waals surface area contributed by atoms with Crippen LogP contribution in [0.25, 0.3) is 0 Å². The number of fused-ring (bicyclic) bond motifs is 2. The largest absolute Gasteiger partial charge is 0.368 e. The summed E-state index contributed by atoms with van der Waals surface area (Å²) in [5.41, 5.74) is 5.19. The molecule has 3 unspecified atom stereocenters. The summed E-state index contributed by atoms with van der Waals surface area (Å²) in [5.74, 6) is -0.261. The number of primary amides is 1. The highest BCUT2D eigenvalue weighted by molar-refractivity contribution is 5.82. The second-order valence-electron chi connectivity index (χ2n) is 2.97. The van der Waals surface area contributed by atoms with Crippen LogP contribution in [0.4, 0.5) is 0 Å². The Kier molecular flexibility index (Phi) is 1.44. The van der Waals surface area contributed by atoms with E-state index in [1.54, 1.807) is 0 Å². The molecule has 1 amide bonds. The van der Waals surface area contributed by atoms with Crippen LogP contribution in [-0.4, -0.2) is 36.1 Å². The summed E-state index contributed by atoms with van der Waals surface area (Å²) in [4.78, 5) is 12.9. The molecule has 1 fully saturated rings. The predicted molar refractivity (Wildman–Crippen MR) is 40.6 cm³/mol. The number of hydrogen-bond acceptors (Lipinski definition) is 3. The Morgan fingerprint density at radius 2 is 2.45 bits per heavy atom. The Morgan fingerprint density at radius 1 is 1.64 bits per heavy atom. The lowest BCUT2D eigenvalue weighted by Gasteiger charge is -2.23. The van der Waals surface area contributed by atoms with Crippen LogP contribution < -0.4 is 11.1 Å². The molecule has 0 saturated carbocycles. The molecule has 0 spiro atoms. The molecule has 0 aliphatic carbocycles. The third-order valence-electron chi connectivity index (χ3n) is 2.20. The molecule has 1 saturated heterocycles. The summed E-state index contributed by atoms with van der Waals surface area (Å²) in [5, 5.41) is 3.23. The first-order valence-electron chi connectivity index (χ1n) is 3.72. The SMILES string of the molecule is NC(=O)C1C=CC2CN1CN2. The maximum absolute atomic E-state index is 10.8. The molecule has 3 atom stereocenters. The predicted octanol–water partition coefficient (Wildman–Crippen LogP) is -1.36. The van der Waals surface area contributed by atoms with E-state index in [-0.39, 0.29) is 11.9 Å². The molecule has 11 heavy (non-hydrogen) atoms. The second-order valence-corrected chi connectivity index (χ2v) is 2.97. The van der Waals surface area contributed by atoms with Crippen molar-refractivity contribution in [2.45, 2.75) is 12.1 Å². The van der Waals surface area contributed by atoms with Gasteiger partial charge < -0.3 is 5.73 Å². The number of nitrogens with zero attached hydrogens (tertiary/aromatic N) is 1. The molecule has 0 aromatic heterocycles. The number of hydrogen-bond donors (Lipinski definition) is 2. The maximum atomic E-state index is 10.8. The van der Waals surface area contributed by atoms with Crippen LogP contribution in [0.3, 0.4) is 0 Å². The number of nitrogens with one attached hydrogen (secondary N) is 1. The van der Waals surface area contributed by atoms with Crippen LogP contribution in [0.2, 0.25) is 0 Å². The van der Waals surface area contributed by atoms with Crippen molar-refractivity contribution >= 4 is 5.91 Å². The van der Waals surface area contributed by atoms with Gasteiger partial charge in [-0.15, -0.1) is 0 Å². The highest BCUT2D eigenvalue weighted by atomic mass is 16.1. The molecule has 2 aliphatic heterocycles. The highest BCUT2D eigenvalue weighted by Crippen LogP contribution is 2.13. The van der Waals surface area contributed by atoms with Crippen molar-refractivity contribution in [3.05, 3.63) is 12.2 Å². The van der Waals surface area contributed by atoms with Crippen molar-refractivity contribution in [3.8, 4) is 0 Å². The van der Waals surface area contributed by atoms with E-state index in [1.807, 2.05) is 17.1 Å². The van der Waals surface area contributed by atoms with E-state index in [4.69, 9.17) is 5.73 Å². The average molecular weight is 153 g/mol. The van der Waals surface area contributed by atoms with Gasteiger partial charge in [0, 0.05) is 19.3 Å². The average Bonchev–Trinajstić information content (AvgIpc) is 2.32. The second kappa shape index (κ2) is 2.32. The monoisotopic (exact) mass is 153 g/mol. The van der Waals surface area contributed by atoms with E-state index in [0.717, 1.165) is 13.2 Å². The Bertz CT molecular complexity index is 214. The molecule has 2 heterocycles. The summed E-state index contributed by atoms with van der Waals surface area (Å²) in [6, 6.07) is 0.229. The lowest BCUT2D eigenvalue weighted by atomic mass is 10.1. The Balaban J connectivity index is 2.18. The Labute approximate surface area is 65.0 Å². The molecular formula is C7H11N3O. The van der Waals surface area contributed by atoms with Gasteiger partial charge in [-0.2, -0.15) is 0 Å². The number of carbonyl (C=O) groups excluding carboxylic acids is 1. The lowest BCUT2D eigenvalue weighted by molar-refractivity contribution is -0.121. The summed E-state index contributed by atoms with van der Waals surface area (Å²) >= 11 is 0. The standard InChI is InChI=1S/C7H11N3O/c8-7(11)6-2-1-5-3-10(6)4-9-5/h1-2,5-6,9H,3-4H2,(H2,8,11). The normalized spacial score (nSPS) is 40.9. The van der Waals surface area contributed by atoms with Crippen molar-refractivity contribution in [3.63, 3.8) is 0 Å². The van der Waals surface area contributed by atoms with Gasteiger partial charge in [-0.05, 0) is 0 Å². The van der Waals surface area contributed by atoms with Crippen LogP contribution in [0.15, 0.2) is 12.2 Å². The van der Waals surface area contributed by atoms with Crippen molar-refractivity contribution in [1.29, 1.82) is 0 Å². The van der Waals surface area contributed by atoms with Crippen LogP contribution in [0.5, 0.6) is 0 Å². The molecule has 4 heteroatoms. The van der Waals surface area contributed by atoms with Crippen LogP contribution in [0, 0.1) is 0 Å². The minimum atomic E-state index is -0.261. The topological polar surface area (TPSA) is 58.4 Å². The summed E-state index contributed by atoms with van der Waals surface area (Å²) in [6.07, 6.45) is 3.88. The van der Waals surface area contributed by atoms with Gasteiger partial charge in [-0.3, -0.25) is 15.0 Å². The summed E-state index contributed by atoms with van der Waals surface area (Å²) < 4.78 is 0. The summed E-state index contributed by atoms with van der Waals surface area (Å²) in [6.45, 7) is 1.68. The molecule has 2 aliphatic rings. The number of carbonyl (C=O) groups is 1. The molecule has 60 valence electrons. The fourth-order valence-electron chi connectivity index (χ4n) is 1.59. The Morgan fingerprint density at radius 3 is 3.18 bits per heavy atom. The molecule has 0 aromatic rings. The van der Waals surface area contributed by atoms with E-state index in [9.17, 15) is 4.79 Å². The van der Waals surface area contributed by atoms with Gasteiger partial charge in [-0.1, -0.05) is 12.2 Å². The van der Waals surface area contributed by atoms with E-state index in [1.165, 1.54) is 0 Å². The van der Waals surface area contributed by atoms with Crippen LogP contribution in [-0.2, 0) is 4.79 Å². The Hall–Kier alpha value is -0.870. The van der Waals surface area contributed by atoms with Gasteiger partial charge in [0.05, 0.1) is 0 Å². The van der Waals surface area contributed by atoms with Crippen LogP contribution in [0.1, 0.15) is 0 Å². The third-order valence-corrected chi connectivity index (χ3v) is 2.20. The van der Waals surface area contributed by atoms with E-state index in [0.29, 0.717) is 6.04 Å². The minimum absolute atomic E-state index is 0.193. The fraction of sp³-hybridized carbons (Fsp3) is 0.571. The van der Waals surface area contributed by atoms with Crippen molar-refractivity contribution < 1.29 is 4.79 Å². The first-order chi connectivity index (χ1) is 5.27. The first-order valence-corrected chi connectivity index (χ1v) is 3.72. The molecule has 3 N–H and O–H groups in total. The molecule has 0 aromatic carbocycles. The fourth-order valence-corrected chi connectivity index (χ4v) is 1.59. The van der Waals surface area contributed by atoms with E-state index >= 15 is 0 Å². The van der Waals surface area contributed by atoms with Gasteiger partial charge in [0.1, 0.15) is 6.04 Å². The lowest BCUT2D eigenvalue weighted by Crippen LogP contribution is -2.44. The van der Waals surface area contributed by atoms with E-state index < -0.39 is 0 Å². The molecule has 0 radical (unpaired) electrons. The zero-order chi connectivity index (χ0) is 7.84. The van der Waals surface area contributed by atoms with Gasteiger partial charge in [0.25, 0.3) is 0 Å². The zero-order valence-electron chi connectivity index (χ0n) is 6.16. The first kappa shape index (κ1) is 6.82. The van der Waals surface area contributed by atoms with Gasteiger partial charge in [0.15, 0.2) is 0 Å². The number of nitrogens with two attached hydrogens (primary N) is 1. The smallest absolute Gasteiger partial charge is 0.238 e. The van der Waals surface area contributed by atoms with E-state index in [2.05, 4.69) is 5.32 Å². The molecule has 2 bridgehead atoms. The molecule has 4 nitrogen and oxygen atoms in total. The summed E-state index contributed by atoms with van der Waals surface area (Å²) in [7, 11) is 0. The highest BCUT2D eigenvalue weighted by Gasteiger charge is 2.31. The molecular weight excluding hydrogens is 142 g/mol. The third kappa shape index (κ3) is 1.04. The zero-order valence-corrected chi connectivity index (χ0v) is 6.16. The minimum Gasteiger partial charge on any atom is -0.368 e. The molecule has 2 rings (SSSR count). The van der Waals surface area contributed by atoms with Gasteiger partial charge in [0.2, 0.25) is 5.91 Å². The van der Waals surface area contributed by atoms with Crippen LogP contribution >= 0.6 is 0 Å². The van der Waals surface area contributed by atoms with Gasteiger partial charge >= 0.3 is 0 Å². The van der Waals surface area contributed by atoms with Crippen molar-refractivity contribution in [2.75, 3.05) is 13.2 Å². The number of rotatable bonds is 1. The van der Waals surface area contributed by atoms with Crippen molar-refractivity contribution in [1.82, 2.24) is 10.2 Å².